The summed E-state index contributed by atoms with van der Waals surface area (Å²) in [4.78, 5) is 13.6. The van der Waals surface area contributed by atoms with E-state index in [1.807, 2.05) is 96.0 Å². The average Bonchev–Trinajstić information content (AvgIpc) is 3.35. The number of Topliss-reactive ketones (excluding diaryl/α,β-unsaturated/α-hetero) is 1. The van der Waals surface area contributed by atoms with Crippen molar-refractivity contribution in [1.29, 1.82) is 0 Å². The minimum Gasteiger partial charge on any atom is -0.461 e. The number of hydrogen-bond acceptors (Lipinski definition) is 4. The molecule has 2 aliphatic heterocycles. The number of benzene rings is 4. The molecule has 2 atom stereocenters. The molecular weight excluding hydrogens is 444 g/mol. The van der Waals surface area contributed by atoms with Gasteiger partial charge in [-0.1, -0.05) is 96.5 Å². The van der Waals surface area contributed by atoms with Crippen LogP contribution in [0.3, 0.4) is 0 Å². The Kier molecular flexibility index (Phi) is 5.16. The van der Waals surface area contributed by atoms with Gasteiger partial charge in [0.1, 0.15) is 5.75 Å². The molecule has 0 aliphatic carbocycles. The highest BCUT2D eigenvalue weighted by Gasteiger charge is 2.43. The third-order valence-corrected chi connectivity index (χ3v) is 6.63. The first-order chi connectivity index (χ1) is 16.7. The molecule has 0 N–H and O–H groups in total. The molecule has 0 amide bonds. The maximum absolute atomic E-state index is 13.6. The van der Waals surface area contributed by atoms with Gasteiger partial charge < -0.3 is 4.74 Å². The number of ether oxygens (including phenoxy) is 1. The molecule has 0 aromatic heterocycles. The van der Waals surface area contributed by atoms with Crippen molar-refractivity contribution < 1.29 is 9.53 Å². The van der Waals surface area contributed by atoms with Crippen LogP contribution in [-0.2, 0) is 0 Å². The highest BCUT2D eigenvalue weighted by molar-refractivity contribution is 6.30. The van der Waals surface area contributed by atoms with Crippen molar-refractivity contribution in [3.05, 3.63) is 125 Å². The van der Waals surface area contributed by atoms with Crippen LogP contribution in [-0.4, -0.2) is 22.7 Å². The van der Waals surface area contributed by atoms with Crippen LogP contribution in [0.25, 0.3) is 11.1 Å². The van der Waals surface area contributed by atoms with Crippen LogP contribution in [0.2, 0.25) is 5.02 Å². The van der Waals surface area contributed by atoms with Gasteiger partial charge >= 0.3 is 0 Å². The average molecular weight is 465 g/mol. The van der Waals surface area contributed by atoms with E-state index in [2.05, 4.69) is 12.1 Å². The lowest BCUT2D eigenvalue weighted by Crippen LogP contribution is -2.45. The van der Waals surface area contributed by atoms with Gasteiger partial charge in [-0.15, -0.1) is 0 Å². The van der Waals surface area contributed by atoms with Crippen molar-refractivity contribution >= 4 is 23.1 Å². The lowest BCUT2D eigenvalue weighted by molar-refractivity contribution is -0.00455. The van der Waals surface area contributed by atoms with Crippen LogP contribution < -0.4 is 4.74 Å². The van der Waals surface area contributed by atoms with Crippen LogP contribution in [0.15, 0.2) is 108 Å². The summed E-state index contributed by atoms with van der Waals surface area (Å²) in [6.45, 7) is 0. The van der Waals surface area contributed by atoms with Gasteiger partial charge in [-0.3, -0.25) is 4.79 Å². The number of carbonyl (C=O) groups is 1. The van der Waals surface area contributed by atoms with Crippen molar-refractivity contribution in [2.24, 2.45) is 5.10 Å². The third kappa shape index (κ3) is 3.66. The Hall–Kier alpha value is -3.89. The Morgan fingerprint density at radius 2 is 1.44 bits per heavy atom. The maximum atomic E-state index is 13.6. The molecule has 166 valence electrons. The molecule has 0 spiro atoms. The molecule has 5 heteroatoms. The fraction of sp³-hybridized carbons (Fsp3) is 0.103. The van der Waals surface area contributed by atoms with Gasteiger partial charge in [0, 0.05) is 22.6 Å². The first-order valence-corrected chi connectivity index (χ1v) is 11.6. The summed E-state index contributed by atoms with van der Waals surface area (Å²) >= 11 is 6.08. The first kappa shape index (κ1) is 20.7. The number of hydrazone groups is 1. The zero-order valence-electron chi connectivity index (χ0n) is 18.3. The highest BCUT2D eigenvalue weighted by Crippen LogP contribution is 2.43. The number of nitrogens with zero attached hydrogens (tertiary/aromatic N) is 2. The minimum absolute atomic E-state index is 0.0619. The van der Waals surface area contributed by atoms with E-state index in [-0.39, 0.29) is 11.8 Å². The topological polar surface area (TPSA) is 41.9 Å². The number of rotatable bonds is 4. The summed E-state index contributed by atoms with van der Waals surface area (Å²) in [7, 11) is 0. The smallest absolute Gasteiger partial charge is 0.251 e. The van der Waals surface area contributed by atoms with Gasteiger partial charge in [-0.25, -0.2) is 5.01 Å². The van der Waals surface area contributed by atoms with Gasteiger partial charge in [0.05, 0.1) is 11.8 Å². The van der Waals surface area contributed by atoms with Crippen molar-refractivity contribution in [3.8, 4) is 16.9 Å². The molecule has 0 radical (unpaired) electrons. The standard InChI is InChI=1S/C29H21ClN2O2/c30-23-16-14-21(15-17-23)25-18-26-24-8-4-5-9-27(24)34-29(32(26)31-25)28(33)22-12-10-20(11-13-22)19-6-2-1-3-7-19/h1-17,26,29H,18H2/t26-,29+/m0/s1. The molecule has 0 saturated carbocycles. The van der Waals surface area contributed by atoms with Gasteiger partial charge in [-0.2, -0.15) is 5.10 Å². The molecule has 4 aromatic rings. The van der Waals surface area contributed by atoms with Gasteiger partial charge in [0.2, 0.25) is 5.78 Å². The van der Waals surface area contributed by atoms with Crippen molar-refractivity contribution in [2.45, 2.75) is 18.7 Å². The van der Waals surface area contributed by atoms with Crippen LogP contribution in [0.1, 0.15) is 33.9 Å². The van der Waals surface area contributed by atoms with Crippen molar-refractivity contribution in [1.82, 2.24) is 5.01 Å². The predicted molar refractivity (Wildman–Crippen MR) is 134 cm³/mol. The molecule has 6 rings (SSSR count). The SMILES string of the molecule is O=C(c1ccc(-c2ccccc2)cc1)[C@H]1Oc2ccccc2[C@@H]2CC(c3ccc(Cl)cc3)=NN12. The fourth-order valence-electron chi connectivity index (χ4n) is 4.62. The Labute approximate surface area is 203 Å². The summed E-state index contributed by atoms with van der Waals surface area (Å²) in [5.74, 6) is 0.621. The third-order valence-electron chi connectivity index (χ3n) is 6.38. The molecular formula is C29H21ClN2O2. The Morgan fingerprint density at radius 1 is 0.794 bits per heavy atom. The van der Waals surface area contributed by atoms with E-state index in [1.54, 1.807) is 0 Å². The maximum Gasteiger partial charge on any atom is 0.251 e. The summed E-state index contributed by atoms with van der Waals surface area (Å²) in [5, 5.41) is 7.36. The largest absolute Gasteiger partial charge is 0.461 e. The lowest BCUT2D eigenvalue weighted by Gasteiger charge is -2.37. The van der Waals surface area contributed by atoms with Gasteiger partial charge in [-0.05, 0) is 34.9 Å². The van der Waals surface area contributed by atoms with E-state index in [4.69, 9.17) is 21.4 Å². The number of fused-ring (bicyclic) bond motifs is 3. The zero-order chi connectivity index (χ0) is 23.1. The van der Waals surface area contributed by atoms with E-state index in [9.17, 15) is 4.79 Å². The van der Waals surface area contributed by atoms with Crippen LogP contribution in [0, 0.1) is 0 Å². The normalized spacial score (nSPS) is 18.5. The Morgan fingerprint density at radius 3 is 2.21 bits per heavy atom. The van der Waals surface area contributed by atoms with E-state index >= 15 is 0 Å². The lowest BCUT2D eigenvalue weighted by atomic mass is 9.95. The minimum atomic E-state index is -0.827. The molecule has 2 aliphatic rings. The number of halogens is 1. The van der Waals surface area contributed by atoms with E-state index in [0.29, 0.717) is 17.0 Å². The van der Waals surface area contributed by atoms with E-state index < -0.39 is 6.23 Å². The fourth-order valence-corrected chi connectivity index (χ4v) is 4.75. The molecule has 0 saturated heterocycles. The van der Waals surface area contributed by atoms with E-state index in [1.165, 1.54) is 0 Å². The predicted octanol–water partition coefficient (Wildman–Crippen LogP) is 6.76. The summed E-state index contributed by atoms with van der Waals surface area (Å²) in [6.07, 6.45) is -0.133. The molecule has 0 bridgehead atoms. The molecule has 4 aromatic carbocycles. The van der Waals surface area contributed by atoms with E-state index in [0.717, 1.165) is 33.7 Å². The second kappa shape index (κ2) is 8.47. The Balaban J connectivity index is 1.34. The summed E-state index contributed by atoms with van der Waals surface area (Å²) in [5.41, 5.74) is 5.72. The van der Waals surface area contributed by atoms with Crippen molar-refractivity contribution in [3.63, 3.8) is 0 Å². The molecule has 4 nitrogen and oxygen atoms in total. The van der Waals surface area contributed by atoms with Gasteiger partial charge in [0.15, 0.2) is 0 Å². The number of para-hydroxylation sites is 1. The molecule has 0 unspecified atom stereocenters. The number of carbonyl (C=O) groups excluding carboxylic acids is 1. The summed E-state index contributed by atoms with van der Waals surface area (Å²) in [6, 6.07) is 33.3. The zero-order valence-corrected chi connectivity index (χ0v) is 19.0. The Bertz CT molecular complexity index is 1380. The highest BCUT2D eigenvalue weighted by atomic mass is 35.5. The summed E-state index contributed by atoms with van der Waals surface area (Å²) < 4.78 is 6.23. The second-order valence-corrected chi connectivity index (χ2v) is 8.91. The molecule has 34 heavy (non-hydrogen) atoms. The quantitative estimate of drug-likeness (QED) is 0.313. The van der Waals surface area contributed by atoms with Crippen molar-refractivity contribution in [2.75, 3.05) is 0 Å². The molecule has 2 heterocycles. The van der Waals surface area contributed by atoms with Crippen LogP contribution >= 0.6 is 11.6 Å². The molecule has 0 fully saturated rings. The second-order valence-electron chi connectivity index (χ2n) is 8.47. The first-order valence-electron chi connectivity index (χ1n) is 11.2. The van der Waals surface area contributed by atoms with Crippen LogP contribution in [0.4, 0.5) is 0 Å². The van der Waals surface area contributed by atoms with Gasteiger partial charge in [0.25, 0.3) is 6.23 Å². The van der Waals surface area contributed by atoms with Crippen LogP contribution in [0.5, 0.6) is 5.75 Å². The monoisotopic (exact) mass is 464 g/mol. The number of ketones is 1. The number of hydrogen-bond donors (Lipinski definition) is 0.